The normalized spacial score (nSPS) is 19.3. The van der Waals surface area contributed by atoms with Crippen molar-refractivity contribution in [3.8, 4) is 11.4 Å². The first-order valence-electron chi connectivity index (χ1n) is 10.1. The highest BCUT2D eigenvalue weighted by molar-refractivity contribution is 8.00. The molecule has 0 aliphatic carbocycles. The summed E-state index contributed by atoms with van der Waals surface area (Å²) in [6, 6.07) is 0.167. The quantitative estimate of drug-likeness (QED) is 0.768. The summed E-state index contributed by atoms with van der Waals surface area (Å²) in [4.78, 5) is 31.4. The summed E-state index contributed by atoms with van der Waals surface area (Å²) < 4.78 is 14.0. The number of morpholine rings is 1. The zero-order valence-electron chi connectivity index (χ0n) is 16.7. The van der Waals surface area contributed by atoms with Gasteiger partial charge in [-0.1, -0.05) is 11.3 Å². The smallest absolute Gasteiger partial charge is 0.274 e. The third-order valence-corrected chi connectivity index (χ3v) is 7.75. The van der Waals surface area contributed by atoms with Crippen molar-refractivity contribution < 1.29 is 19.1 Å². The van der Waals surface area contributed by atoms with Crippen molar-refractivity contribution in [3.05, 3.63) is 11.3 Å². The average molecular weight is 450 g/mol. The summed E-state index contributed by atoms with van der Waals surface area (Å²) >= 11 is 3.12. The number of nitrogens with zero attached hydrogens (tertiary/aromatic N) is 4. The van der Waals surface area contributed by atoms with Crippen LogP contribution in [0.3, 0.4) is 0 Å². The SMILES string of the molecule is CC(=O)Nc1nc2c(s1)SCc1c(C(=O)N3CCOCC3)nn(C3CCOCC3)c1-2. The second-order valence-electron chi connectivity index (χ2n) is 7.49. The lowest BCUT2D eigenvalue weighted by molar-refractivity contribution is -0.114. The second-order valence-corrected chi connectivity index (χ2v) is 9.74. The van der Waals surface area contributed by atoms with Crippen molar-refractivity contribution >= 4 is 40.0 Å². The first-order chi connectivity index (χ1) is 14.6. The fourth-order valence-corrected chi connectivity index (χ4v) is 6.26. The highest BCUT2D eigenvalue weighted by atomic mass is 32.2. The molecule has 1 N–H and O–H groups in total. The molecule has 2 fully saturated rings. The van der Waals surface area contributed by atoms with E-state index in [1.54, 1.807) is 11.8 Å². The Labute approximate surface area is 182 Å². The Bertz CT molecular complexity index is 976. The number of anilines is 1. The van der Waals surface area contributed by atoms with Crippen LogP contribution >= 0.6 is 23.1 Å². The molecule has 0 aromatic carbocycles. The van der Waals surface area contributed by atoms with Gasteiger partial charge >= 0.3 is 0 Å². The number of amides is 2. The van der Waals surface area contributed by atoms with E-state index in [2.05, 4.69) is 5.32 Å². The lowest BCUT2D eigenvalue weighted by Crippen LogP contribution is -2.41. The number of ether oxygens (including phenoxy) is 2. The number of hydrogen-bond donors (Lipinski definition) is 1. The van der Waals surface area contributed by atoms with Gasteiger partial charge in [-0.2, -0.15) is 5.10 Å². The zero-order valence-corrected chi connectivity index (χ0v) is 18.3. The van der Waals surface area contributed by atoms with E-state index in [4.69, 9.17) is 19.6 Å². The molecule has 0 atom stereocenters. The molecule has 2 aromatic heterocycles. The number of thiazole rings is 1. The summed E-state index contributed by atoms with van der Waals surface area (Å²) in [7, 11) is 0. The van der Waals surface area contributed by atoms with Crippen LogP contribution in [0.5, 0.6) is 0 Å². The molecule has 0 saturated carbocycles. The van der Waals surface area contributed by atoms with Gasteiger partial charge in [0.15, 0.2) is 10.8 Å². The van der Waals surface area contributed by atoms with E-state index in [0.717, 1.165) is 34.0 Å². The van der Waals surface area contributed by atoms with Crippen LogP contribution in [0.4, 0.5) is 5.13 Å². The van der Waals surface area contributed by atoms with Crippen LogP contribution in [0.15, 0.2) is 4.21 Å². The zero-order chi connectivity index (χ0) is 20.7. The number of hydrogen-bond acceptors (Lipinski definition) is 8. The van der Waals surface area contributed by atoms with E-state index >= 15 is 0 Å². The molecule has 0 spiro atoms. The lowest BCUT2D eigenvalue weighted by atomic mass is 10.1. The molecule has 5 rings (SSSR count). The molecule has 11 heteroatoms. The van der Waals surface area contributed by atoms with Crippen LogP contribution in [0, 0.1) is 0 Å². The van der Waals surface area contributed by atoms with Crippen LogP contribution < -0.4 is 5.32 Å². The molecular weight excluding hydrogens is 426 g/mol. The number of carbonyl (C=O) groups is 2. The molecular formula is C19H23N5O4S2. The van der Waals surface area contributed by atoms with Gasteiger partial charge in [0.25, 0.3) is 5.91 Å². The molecule has 2 saturated heterocycles. The van der Waals surface area contributed by atoms with Crippen molar-refractivity contribution in [2.24, 2.45) is 0 Å². The molecule has 9 nitrogen and oxygen atoms in total. The molecule has 160 valence electrons. The number of rotatable bonds is 3. The minimum Gasteiger partial charge on any atom is -0.381 e. The van der Waals surface area contributed by atoms with Crippen LogP contribution in [-0.2, 0) is 20.0 Å². The first kappa shape index (κ1) is 20.0. The average Bonchev–Trinajstić information content (AvgIpc) is 3.35. The van der Waals surface area contributed by atoms with Gasteiger partial charge in [0.05, 0.1) is 29.2 Å². The summed E-state index contributed by atoms with van der Waals surface area (Å²) in [5, 5.41) is 8.22. The maximum absolute atomic E-state index is 13.3. The Kier molecular flexibility index (Phi) is 5.52. The van der Waals surface area contributed by atoms with Gasteiger partial charge in [-0.15, -0.1) is 11.8 Å². The second kappa shape index (κ2) is 8.29. The van der Waals surface area contributed by atoms with Crippen molar-refractivity contribution in [1.29, 1.82) is 0 Å². The summed E-state index contributed by atoms with van der Waals surface area (Å²) in [6.07, 6.45) is 1.70. The van der Waals surface area contributed by atoms with E-state index in [1.165, 1.54) is 18.3 Å². The van der Waals surface area contributed by atoms with Crippen LogP contribution in [0.2, 0.25) is 0 Å². The predicted molar refractivity (Wildman–Crippen MR) is 113 cm³/mol. The molecule has 2 aromatic rings. The maximum Gasteiger partial charge on any atom is 0.274 e. The molecule has 5 heterocycles. The van der Waals surface area contributed by atoms with Crippen molar-refractivity contribution in [3.63, 3.8) is 0 Å². The molecule has 30 heavy (non-hydrogen) atoms. The van der Waals surface area contributed by atoms with Gasteiger partial charge in [0.2, 0.25) is 5.91 Å². The van der Waals surface area contributed by atoms with Gasteiger partial charge in [-0.05, 0) is 12.8 Å². The Hall–Kier alpha value is -1.95. The standard InChI is InChI=1S/C19H23N5O4S2/c1-11(25)20-19-21-15-16-13(10-29-18(15)30-19)14(17(26)23-4-8-28-9-5-23)22-24(16)12-2-6-27-7-3-12/h12H,2-10H2,1H3,(H,20,21,25). The minimum absolute atomic E-state index is 0.0401. The molecule has 0 radical (unpaired) electrons. The number of thioether (sulfide) groups is 1. The third kappa shape index (κ3) is 3.64. The van der Waals surface area contributed by atoms with Crippen LogP contribution in [0.1, 0.15) is 41.9 Å². The van der Waals surface area contributed by atoms with E-state index in [-0.39, 0.29) is 17.9 Å². The van der Waals surface area contributed by atoms with E-state index in [9.17, 15) is 9.59 Å². The van der Waals surface area contributed by atoms with E-state index < -0.39 is 0 Å². The van der Waals surface area contributed by atoms with Crippen molar-refractivity contribution in [1.82, 2.24) is 19.7 Å². The molecule has 3 aliphatic rings. The molecule has 0 unspecified atom stereocenters. The number of carbonyl (C=O) groups excluding carboxylic acids is 2. The van der Waals surface area contributed by atoms with E-state index in [1.807, 2.05) is 9.58 Å². The fourth-order valence-electron chi connectivity index (χ4n) is 4.03. The van der Waals surface area contributed by atoms with E-state index in [0.29, 0.717) is 56.1 Å². The molecule has 0 bridgehead atoms. The lowest BCUT2D eigenvalue weighted by Gasteiger charge is -2.26. The fraction of sp³-hybridized carbons (Fsp3) is 0.579. The number of fused-ring (bicyclic) bond motifs is 3. The maximum atomic E-state index is 13.3. The highest BCUT2D eigenvalue weighted by Crippen LogP contribution is 2.48. The van der Waals surface area contributed by atoms with Gasteiger partial charge in [-0.3, -0.25) is 14.3 Å². The Balaban J connectivity index is 1.59. The highest BCUT2D eigenvalue weighted by Gasteiger charge is 2.35. The summed E-state index contributed by atoms with van der Waals surface area (Å²) in [5.41, 5.74) is 3.19. The van der Waals surface area contributed by atoms with Gasteiger partial charge in [0, 0.05) is 44.5 Å². The minimum atomic E-state index is -0.146. The Morgan fingerprint density at radius 3 is 2.60 bits per heavy atom. The van der Waals surface area contributed by atoms with Gasteiger partial charge in [0.1, 0.15) is 5.69 Å². The van der Waals surface area contributed by atoms with Crippen molar-refractivity contribution in [2.45, 2.75) is 35.8 Å². The summed E-state index contributed by atoms with van der Waals surface area (Å²) in [5.74, 6) is 0.479. The third-order valence-electron chi connectivity index (χ3n) is 5.50. The monoisotopic (exact) mass is 449 g/mol. The number of nitrogens with one attached hydrogen (secondary N) is 1. The first-order valence-corrected chi connectivity index (χ1v) is 11.9. The van der Waals surface area contributed by atoms with Gasteiger partial charge in [-0.25, -0.2) is 4.98 Å². The predicted octanol–water partition coefficient (Wildman–Crippen LogP) is 2.39. The Morgan fingerprint density at radius 2 is 1.87 bits per heavy atom. The molecule has 2 amide bonds. The Morgan fingerprint density at radius 1 is 1.13 bits per heavy atom. The van der Waals surface area contributed by atoms with Gasteiger partial charge < -0.3 is 19.7 Å². The molecule has 3 aliphatic heterocycles. The van der Waals surface area contributed by atoms with Crippen molar-refractivity contribution in [2.75, 3.05) is 44.8 Å². The van der Waals surface area contributed by atoms with Crippen LogP contribution in [0.25, 0.3) is 11.4 Å². The van der Waals surface area contributed by atoms with Crippen LogP contribution in [-0.4, -0.2) is 71.0 Å². The largest absolute Gasteiger partial charge is 0.381 e. The summed E-state index contributed by atoms with van der Waals surface area (Å²) in [6.45, 7) is 5.12. The number of aromatic nitrogens is 3. The topological polar surface area (TPSA) is 98.6 Å².